The number of aliphatic hydroxyl groups excluding tert-OH is 1. The van der Waals surface area contributed by atoms with Gasteiger partial charge in [0, 0.05) is 13.0 Å². The number of aliphatic hydroxyl groups is 1. The maximum absolute atomic E-state index is 12.5. The van der Waals surface area contributed by atoms with Gasteiger partial charge in [0.25, 0.3) is 5.56 Å². The standard InChI is InChI=1S/C21H29N5O11P2/c1-2-3-9-34-17-16(27)14(11-35-39(32,33)37-38(29,30)31)36-21(17,10-13-7-5-4-6-8-13)26-12-23-15-18(26)24-20(22)25-19(15)28/h4-8,12,14,16-17,27H,2-3,9-11H2,1H3,(H,32,33)(H2,29,30,31)(H3,22,24,25,28)/t14-,16-,17-,21-/m1/s1. The summed E-state index contributed by atoms with van der Waals surface area (Å²) in [7, 11) is -10.6. The first kappa shape index (κ1) is 29.5. The Balaban J connectivity index is 1.80. The minimum Gasteiger partial charge on any atom is -0.387 e. The minimum atomic E-state index is -5.37. The number of fused-ring (bicyclic) bond motifs is 1. The molecule has 1 aliphatic heterocycles. The van der Waals surface area contributed by atoms with Crippen LogP contribution in [0.3, 0.4) is 0 Å². The molecule has 0 aliphatic carbocycles. The van der Waals surface area contributed by atoms with E-state index in [4.69, 9.17) is 29.5 Å². The predicted octanol–water partition coefficient (Wildman–Crippen LogP) is 0.769. The average Bonchev–Trinajstić information content (AvgIpc) is 3.38. The molecule has 0 amide bonds. The quantitative estimate of drug-likeness (QED) is 0.126. The maximum atomic E-state index is 12.5. The van der Waals surface area contributed by atoms with Crippen molar-refractivity contribution < 1.29 is 47.2 Å². The number of ether oxygens (including phenoxy) is 2. The molecule has 0 bridgehead atoms. The van der Waals surface area contributed by atoms with Crippen molar-refractivity contribution in [3.05, 3.63) is 52.6 Å². The van der Waals surface area contributed by atoms with E-state index in [0.717, 1.165) is 12.0 Å². The number of anilines is 1. The Bertz CT molecular complexity index is 1450. The van der Waals surface area contributed by atoms with E-state index in [1.165, 1.54) is 10.9 Å². The summed E-state index contributed by atoms with van der Waals surface area (Å²) in [5, 5.41) is 11.3. The Morgan fingerprint density at radius 2 is 1.95 bits per heavy atom. The molecular formula is C21H29N5O11P2. The molecule has 1 aliphatic rings. The largest absolute Gasteiger partial charge is 0.481 e. The van der Waals surface area contributed by atoms with E-state index in [-0.39, 0.29) is 30.1 Å². The Morgan fingerprint density at radius 1 is 1.23 bits per heavy atom. The van der Waals surface area contributed by atoms with Crippen molar-refractivity contribution in [1.82, 2.24) is 19.5 Å². The van der Waals surface area contributed by atoms with E-state index in [2.05, 4.69) is 19.3 Å². The SMILES string of the molecule is CCCCO[C@@H]1[C@H](O)[C@@H](COP(=O)(O)OP(=O)(O)O)O[C@@]1(Cc1ccccc1)n1cnc2c(=O)[nH]c(N)nc21. The van der Waals surface area contributed by atoms with Crippen LogP contribution in [0.25, 0.3) is 11.2 Å². The molecule has 1 saturated heterocycles. The van der Waals surface area contributed by atoms with Crippen LogP contribution in [0, 0.1) is 0 Å². The molecule has 16 nitrogen and oxygen atoms in total. The number of nitrogens with one attached hydrogen (secondary N) is 1. The van der Waals surface area contributed by atoms with Gasteiger partial charge in [0.1, 0.15) is 18.3 Å². The Kier molecular flexibility index (Phi) is 8.73. The molecule has 4 rings (SSSR count). The second-order valence-electron chi connectivity index (χ2n) is 8.87. The lowest BCUT2D eigenvalue weighted by Crippen LogP contribution is -2.49. The zero-order valence-corrected chi connectivity index (χ0v) is 22.5. The lowest BCUT2D eigenvalue weighted by atomic mass is 9.94. The third-order valence-corrected chi connectivity index (χ3v) is 8.18. The number of H-pyrrole nitrogens is 1. The normalized spacial score (nSPS) is 25.2. The topological polar surface area (TPSA) is 242 Å². The predicted molar refractivity (Wildman–Crippen MR) is 135 cm³/mol. The second kappa shape index (κ2) is 11.6. The highest BCUT2D eigenvalue weighted by Crippen LogP contribution is 2.58. The summed E-state index contributed by atoms with van der Waals surface area (Å²) in [5.74, 6) is -0.193. The average molecular weight is 589 g/mol. The Morgan fingerprint density at radius 3 is 2.62 bits per heavy atom. The zero-order valence-electron chi connectivity index (χ0n) is 20.7. The van der Waals surface area contributed by atoms with E-state index < -0.39 is 51.8 Å². The van der Waals surface area contributed by atoms with Crippen LogP contribution in [0.15, 0.2) is 41.5 Å². The van der Waals surface area contributed by atoms with Gasteiger partial charge in [-0.25, -0.2) is 14.1 Å². The van der Waals surface area contributed by atoms with Crippen LogP contribution < -0.4 is 11.3 Å². The highest BCUT2D eigenvalue weighted by Gasteiger charge is 2.58. The van der Waals surface area contributed by atoms with Gasteiger partial charge in [0.2, 0.25) is 5.95 Å². The molecule has 0 spiro atoms. The summed E-state index contributed by atoms with van der Waals surface area (Å²) < 4.78 is 45.6. The monoisotopic (exact) mass is 589 g/mol. The first-order valence-electron chi connectivity index (χ1n) is 11.8. The first-order chi connectivity index (χ1) is 18.3. The molecule has 3 aromatic rings. The van der Waals surface area contributed by atoms with Crippen LogP contribution in [0.1, 0.15) is 25.3 Å². The minimum absolute atomic E-state index is 0.0303. The lowest BCUT2D eigenvalue weighted by Gasteiger charge is -2.36. The van der Waals surface area contributed by atoms with Crippen LogP contribution >= 0.6 is 15.6 Å². The number of aromatic amines is 1. The number of rotatable bonds is 12. The number of nitrogens with zero attached hydrogens (tertiary/aromatic N) is 3. The molecule has 7 N–H and O–H groups in total. The molecule has 3 heterocycles. The summed E-state index contributed by atoms with van der Waals surface area (Å²) in [4.78, 5) is 50.8. The fraction of sp³-hybridized carbons (Fsp3) is 0.476. The number of aromatic nitrogens is 4. The lowest BCUT2D eigenvalue weighted by molar-refractivity contribution is -0.160. The number of nitrogen functional groups attached to an aromatic ring is 1. The summed E-state index contributed by atoms with van der Waals surface area (Å²) in [5.41, 5.74) is 4.26. The molecule has 18 heteroatoms. The number of unbranched alkanes of at least 4 members (excludes halogenated alkanes) is 1. The van der Waals surface area contributed by atoms with Gasteiger partial charge in [-0.3, -0.25) is 18.9 Å². The van der Waals surface area contributed by atoms with Crippen molar-refractivity contribution in [2.45, 2.75) is 50.2 Å². The van der Waals surface area contributed by atoms with Gasteiger partial charge in [-0.1, -0.05) is 43.7 Å². The zero-order chi connectivity index (χ0) is 28.4. The number of hydrogen-bond donors (Lipinski definition) is 6. The van der Waals surface area contributed by atoms with Crippen LogP contribution in [0.2, 0.25) is 0 Å². The third kappa shape index (κ3) is 6.64. The van der Waals surface area contributed by atoms with Gasteiger partial charge in [0.15, 0.2) is 16.9 Å². The number of benzene rings is 1. The van der Waals surface area contributed by atoms with Gasteiger partial charge in [0.05, 0.1) is 12.9 Å². The number of phosphoric ester groups is 1. The van der Waals surface area contributed by atoms with Crippen molar-refractivity contribution in [1.29, 1.82) is 0 Å². The van der Waals surface area contributed by atoms with E-state index in [0.29, 0.717) is 6.42 Å². The van der Waals surface area contributed by atoms with Gasteiger partial charge in [-0.2, -0.15) is 9.29 Å². The van der Waals surface area contributed by atoms with Crippen molar-refractivity contribution in [3.63, 3.8) is 0 Å². The number of imidazole rings is 1. The van der Waals surface area contributed by atoms with Crippen molar-refractivity contribution in [3.8, 4) is 0 Å². The first-order valence-corrected chi connectivity index (χ1v) is 14.9. The van der Waals surface area contributed by atoms with Crippen LogP contribution in [0.4, 0.5) is 5.95 Å². The molecular weight excluding hydrogens is 560 g/mol. The third-order valence-electron chi connectivity index (χ3n) is 6.03. The van der Waals surface area contributed by atoms with E-state index in [9.17, 15) is 23.9 Å². The van der Waals surface area contributed by atoms with Crippen LogP contribution in [-0.4, -0.2) is 70.8 Å². The van der Waals surface area contributed by atoms with Gasteiger partial charge in [-0.15, -0.1) is 0 Å². The van der Waals surface area contributed by atoms with E-state index in [1.54, 1.807) is 30.3 Å². The van der Waals surface area contributed by atoms with Crippen LogP contribution in [-0.2, 0) is 39.6 Å². The number of phosphoric acid groups is 2. The summed E-state index contributed by atoms with van der Waals surface area (Å²) >= 11 is 0. The van der Waals surface area contributed by atoms with Crippen molar-refractivity contribution >= 4 is 32.8 Å². The Labute approximate surface area is 221 Å². The highest BCUT2D eigenvalue weighted by molar-refractivity contribution is 7.60. The molecule has 214 valence electrons. The van der Waals surface area contributed by atoms with Gasteiger partial charge >= 0.3 is 15.6 Å². The molecule has 0 radical (unpaired) electrons. The fourth-order valence-corrected chi connectivity index (χ4v) is 6.01. The van der Waals surface area contributed by atoms with Crippen molar-refractivity contribution in [2.75, 3.05) is 18.9 Å². The van der Waals surface area contributed by atoms with E-state index >= 15 is 0 Å². The Hall–Kier alpha value is -2.49. The van der Waals surface area contributed by atoms with Gasteiger partial charge < -0.3 is 35.0 Å². The number of nitrogens with two attached hydrogens (primary N) is 1. The smallest absolute Gasteiger partial charge is 0.387 e. The summed E-state index contributed by atoms with van der Waals surface area (Å²) in [6.45, 7) is 1.33. The molecule has 0 saturated carbocycles. The second-order valence-corrected chi connectivity index (χ2v) is 11.7. The molecule has 39 heavy (non-hydrogen) atoms. The van der Waals surface area contributed by atoms with Crippen molar-refractivity contribution in [2.24, 2.45) is 0 Å². The molecule has 1 fully saturated rings. The maximum Gasteiger partial charge on any atom is 0.481 e. The molecule has 2 aromatic heterocycles. The van der Waals surface area contributed by atoms with Gasteiger partial charge in [-0.05, 0) is 12.0 Å². The summed E-state index contributed by atoms with van der Waals surface area (Å²) in [6, 6.07) is 8.98. The fourth-order valence-electron chi connectivity index (χ4n) is 4.42. The highest BCUT2D eigenvalue weighted by atomic mass is 31.3. The summed E-state index contributed by atoms with van der Waals surface area (Å²) in [6.07, 6.45) is -1.27. The molecule has 1 unspecified atom stereocenters. The molecule has 5 atom stereocenters. The number of hydrogen-bond acceptors (Lipinski definition) is 11. The molecule has 1 aromatic carbocycles. The van der Waals surface area contributed by atoms with E-state index in [1.807, 2.05) is 6.92 Å². The van der Waals surface area contributed by atoms with Crippen LogP contribution in [0.5, 0.6) is 0 Å².